The van der Waals surface area contributed by atoms with Gasteiger partial charge in [0.05, 0.1) is 15.8 Å². The molecule has 0 N–H and O–H groups in total. The fraction of sp³-hybridized carbons (Fsp3) is 0.632. The van der Waals surface area contributed by atoms with Gasteiger partial charge in [0.25, 0.3) is 0 Å². The van der Waals surface area contributed by atoms with E-state index in [1.54, 1.807) is 18.3 Å². The second kappa shape index (κ2) is 7.00. The van der Waals surface area contributed by atoms with Crippen LogP contribution in [-0.2, 0) is 0 Å². The van der Waals surface area contributed by atoms with Crippen molar-refractivity contribution in [1.82, 2.24) is 19.7 Å². The highest BCUT2D eigenvalue weighted by Crippen LogP contribution is 2.36. The van der Waals surface area contributed by atoms with Gasteiger partial charge in [0, 0.05) is 5.92 Å². The van der Waals surface area contributed by atoms with Gasteiger partial charge in [-0.3, -0.25) is 4.79 Å². The Bertz CT molecular complexity index is 751. The quantitative estimate of drug-likeness (QED) is 0.771. The van der Waals surface area contributed by atoms with Gasteiger partial charge in [0.15, 0.2) is 17.4 Å². The molecule has 5 nitrogen and oxygen atoms in total. The van der Waals surface area contributed by atoms with E-state index in [0.29, 0.717) is 12.0 Å². The number of hydrogen-bond acceptors (Lipinski definition) is 5. The zero-order chi connectivity index (χ0) is 17.4. The molecule has 1 aliphatic heterocycles. The minimum absolute atomic E-state index is 0.123. The molecule has 3 heterocycles. The van der Waals surface area contributed by atoms with Crippen molar-refractivity contribution in [3.8, 4) is 10.7 Å². The van der Waals surface area contributed by atoms with Crippen molar-refractivity contribution in [3.05, 3.63) is 22.8 Å². The lowest BCUT2D eigenvalue weighted by molar-refractivity contribution is 0.102. The topological polar surface area (TPSA) is 51.0 Å². The molecule has 0 spiro atoms. The van der Waals surface area contributed by atoms with Crippen molar-refractivity contribution in [1.29, 1.82) is 0 Å². The van der Waals surface area contributed by atoms with Gasteiger partial charge in [0.1, 0.15) is 0 Å². The van der Waals surface area contributed by atoms with Crippen molar-refractivity contribution < 1.29 is 4.79 Å². The van der Waals surface area contributed by atoms with Crippen LogP contribution in [0, 0.1) is 0 Å². The molecule has 0 radical (unpaired) electrons. The SMILES string of the molecule is CC(=O)c1ccc(-c2nc(C3CCCC3)nn2C2CCN(C)CC2)s1. The molecular weight excluding hydrogens is 332 g/mol. The van der Waals surface area contributed by atoms with Gasteiger partial charge in [-0.2, -0.15) is 5.10 Å². The molecule has 0 unspecified atom stereocenters. The Morgan fingerprint density at radius 1 is 1.16 bits per heavy atom. The second-order valence-corrected chi connectivity index (χ2v) is 8.56. The molecule has 0 aromatic carbocycles. The lowest BCUT2D eigenvalue weighted by Crippen LogP contribution is -2.32. The fourth-order valence-electron chi connectivity index (χ4n) is 4.01. The summed E-state index contributed by atoms with van der Waals surface area (Å²) in [5.41, 5.74) is 0. The number of thiophene rings is 1. The van der Waals surface area contributed by atoms with Crippen molar-refractivity contribution >= 4 is 17.1 Å². The number of nitrogens with zero attached hydrogens (tertiary/aromatic N) is 4. The molecule has 2 fully saturated rings. The van der Waals surface area contributed by atoms with Gasteiger partial charge in [-0.1, -0.05) is 12.8 Å². The maximum Gasteiger partial charge on any atom is 0.169 e. The summed E-state index contributed by atoms with van der Waals surface area (Å²) in [6.07, 6.45) is 7.22. The molecular formula is C19H26N4OS. The smallest absolute Gasteiger partial charge is 0.169 e. The predicted octanol–water partition coefficient (Wildman–Crippen LogP) is 4.13. The Kier molecular flexibility index (Phi) is 4.73. The fourth-order valence-corrected chi connectivity index (χ4v) is 4.89. The Balaban J connectivity index is 1.70. The number of aromatic nitrogens is 3. The summed E-state index contributed by atoms with van der Waals surface area (Å²) < 4.78 is 2.18. The molecule has 25 heavy (non-hydrogen) atoms. The average molecular weight is 359 g/mol. The van der Waals surface area contributed by atoms with Crippen molar-refractivity contribution in [2.24, 2.45) is 0 Å². The molecule has 1 saturated carbocycles. The monoisotopic (exact) mass is 358 g/mol. The number of Topliss-reactive ketones (excluding diaryl/α,β-unsaturated/α-hetero) is 1. The normalized spacial score (nSPS) is 20.4. The summed E-state index contributed by atoms with van der Waals surface area (Å²) in [5, 5.41) is 4.98. The molecule has 1 aliphatic carbocycles. The van der Waals surface area contributed by atoms with Gasteiger partial charge in [0.2, 0.25) is 0 Å². The number of piperidine rings is 1. The van der Waals surface area contributed by atoms with E-state index < -0.39 is 0 Å². The summed E-state index contributed by atoms with van der Waals surface area (Å²) in [5.74, 6) is 2.62. The number of carbonyl (C=O) groups excluding carboxylic acids is 1. The molecule has 0 bridgehead atoms. The van der Waals surface area contributed by atoms with E-state index in [-0.39, 0.29) is 5.78 Å². The van der Waals surface area contributed by atoms with Gasteiger partial charge < -0.3 is 4.90 Å². The van der Waals surface area contributed by atoms with E-state index in [1.165, 1.54) is 25.7 Å². The molecule has 6 heteroatoms. The first-order valence-corrected chi connectivity index (χ1v) is 10.2. The Morgan fingerprint density at radius 2 is 1.88 bits per heavy atom. The largest absolute Gasteiger partial charge is 0.306 e. The Hall–Kier alpha value is -1.53. The van der Waals surface area contributed by atoms with Crippen LogP contribution in [0.5, 0.6) is 0 Å². The van der Waals surface area contributed by atoms with Gasteiger partial charge in [-0.15, -0.1) is 11.3 Å². The van der Waals surface area contributed by atoms with Crippen LogP contribution in [0.1, 0.15) is 72.9 Å². The van der Waals surface area contributed by atoms with Gasteiger partial charge in [-0.25, -0.2) is 9.67 Å². The number of hydrogen-bond donors (Lipinski definition) is 0. The van der Waals surface area contributed by atoms with Gasteiger partial charge in [-0.05, 0) is 64.9 Å². The molecule has 1 saturated heterocycles. The van der Waals surface area contributed by atoms with E-state index >= 15 is 0 Å². The highest BCUT2D eigenvalue weighted by atomic mass is 32.1. The first-order chi connectivity index (χ1) is 12.1. The number of carbonyl (C=O) groups is 1. The highest BCUT2D eigenvalue weighted by molar-refractivity contribution is 7.17. The first kappa shape index (κ1) is 16.9. The minimum Gasteiger partial charge on any atom is -0.306 e. The third-order valence-electron chi connectivity index (χ3n) is 5.58. The van der Waals surface area contributed by atoms with Crippen LogP contribution in [0.3, 0.4) is 0 Å². The lowest BCUT2D eigenvalue weighted by Gasteiger charge is -2.29. The maximum absolute atomic E-state index is 11.7. The Morgan fingerprint density at radius 3 is 2.52 bits per heavy atom. The molecule has 0 amide bonds. The lowest BCUT2D eigenvalue weighted by atomic mass is 10.1. The Labute approximate surface area is 153 Å². The van der Waals surface area contributed by atoms with Crippen LogP contribution in [0.2, 0.25) is 0 Å². The standard InChI is InChI=1S/C19H26N4OS/c1-13(24)16-7-8-17(25-16)19-20-18(14-5-3-4-6-14)21-23(19)15-9-11-22(2)12-10-15/h7-8,14-15H,3-6,9-12H2,1-2H3. The molecule has 2 aromatic rings. The van der Waals surface area contributed by atoms with Crippen LogP contribution >= 0.6 is 11.3 Å². The number of likely N-dealkylation sites (tertiary alicyclic amines) is 1. The summed E-state index contributed by atoms with van der Waals surface area (Å²) in [7, 11) is 2.18. The van der Waals surface area contributed by atoms with Crippen LogP contribution in [-0.4, -0.2) is 45.6 Å². The number of ketones is 1. The van der Waals surface area contributed by atoms with Crippen LogP contribution < -0.4 is 0 Å². The number of rotatable bonds is 4. The van der Waals surface area contributed by atoms with E-state index in [4.69, 9.17) is 10.1 Å². The third kappa shape index (κ3) is 3.42. The zero-order valence-corrected chi connectivity index (χ0v) is 15.9. The van der Waals surface area contributed by atoms with Crippen molar-refractivity contribution in [3.63, 3.8) is 0 Å². The molecule has 4 rings (SSSR count). The van der Waals surface area contributed by atoms with E-state index in [0.717, 1.165) is 47.3 Å². The van der Waals surface area contributed by atoms with Gasteiger partial charge >= 0.3 is 0 Å². The average Bonchev–Trinajstić information content (AvgIpc) is 3.34. The minimum atomic E-state index is 0.123. The molecule has 2 aromatic heterocycles. The second-order valence-electron chi connectivity index (χ2n) is 7.47. The predicted molar refractivity (Wildman–Crippen MR) is 100 cm³/mol. The van der Waals surface area contributed by atoms with Crippen LogP contribution in [0.4, 0.5) is 0 Å². The molecule has 2 aliphatic rings. The molecule has 134 valence electrons. The molecule has 0 atom stereocenters. The zero-order valence-electron chi connectivity index (χ0n) is 15.1. The van der Waals surface area contributed by atoms with Crippen molar-refractivity contribution in [2.75, 3.05) is 20.1 Å². The van der Waals surface area contributed by atoms with Crippen molar-refractivity contribution in [2.45, 2.75) is 57.4 Å². The first-order valence-electron chi connectivity index (χ1n) is 9.38. The highest BCUT2D eigenvalue weighted by Gasteiger charge is 2.28. The summed E-state index contributed by atoms with van der Waals surface area (Å²) in [4.78, 5) is 20.9. The van der Waals surface area contributed by atoms with E-state index in [9.17, 15) is 4.79 Å². The van der Waals surface area contributed by atoms with E-state index in [2.05, 4.69) is 16.6 Å². The summed E-state index contributed by atoms with van der Waals surface area (Å²) >= 11 is 1.55. The van der Waals surface area contributed by atoms with Crippen LogP contribution in [0.15, 0.2) is 12.1 Å². The van der Waals surface area contributed by atoms with Crippen LogP contribution in [0.25, 0.3) is 10.7 Å². The third-order valence-corrected chi connectivity index (χ3v) is 6.76. The van der Waals surface area contributed by atoms with E-state index in [1.807, 2.05) is 12.1 Å². The summed E-state index contributed by atoms with van der Waals surface area (Å²) in [6.45, 7) is 3.83. The maximum atomic E-state index is 11.7. The summed E-state index contributed by atoms with van der Waals surface area (Å²) in [6, 6.07) is 4.37.